The maximum absolute atomic E-state index is 6.17. The minimum atomic E-state index is 0.665. The van der Waals surface area contributed by atoms with E-state index in [1.807, 2.05) is 19.2 Å². The molecular formula is C16H20ClN3. The number of anilines is 2. The van der Waals surface area contributed by atoms with Gasteiger partial charge in [-0.15, -0.1) is 0 Å². The minimum Gasteiger partial charge on any atom is -0.327 e. The van der Waals surface area contributed by atoms with E-state index in [4.69, 9.17) is 11.6 Å². The highest BCUT2D eigenvalue weighted by Crippen LogP contribution is 2.26. The Morgan fingerprint density at radius 2 is 1.85 bits per heavy atom. The average molecular weight is 290 g/mol. The minimum absolute atomic E-state index is 0.665. The highest BCUT2D eigenvalue weighted by Gasteiger charge is 2.11. The van der Waals surface area contributed by atoms with Crippen LogP contribution in [0.1, 0.15) is 18.2 Å². The van der Waals surface area contributed by atoms with Crippen LogP contribution in [-0.4, -0.2) is 18.6 Å². The molecule has 0 saturated heterocycles. The summed E-state index contributed by atoms with van der Waals surface area (Å²) in [5.74, 6) is 0.922. The van der Waals surface area contributed by atoms with Crippen molar-refractivity contribution in [2.45, 2.75) is 20.4 Å². The summed E-state index contributed by atoms with van der Waals surface area (Å²) < 4.78 is 0. The Balaban J connectivity index is 2.36. The molecule has 0 fully saturated rings. The van der Waals surface area contributed by atoms with Gasteiger partial charge in [-0.25, -0.2) is 4.98 Å². The molecule has 0 spiro atoms. The first-order valence-electron chi connectivity index (χ1n) is 6.80. The van der Waals surface area contributed by atoms with Gasteiger partial charge in [-0.2, -0.15) is 0 Å². The molecule has 1 heterocycles. The third-order valence-electron chi connectivity index (χ3n) is 3.19. The highest BCUT2D eigenvalue weighted by atomic mass is 35.5. The third-order valence-corrected chi connectivity index (χ3v) is 3.53. The lowest BCUT2D eigenvalue weighted by atomic mass is 10.2. The lowest BCUT2D eigenvalue weighted by molar-refractivity contribution is 0.788. The zero-order valence-electron chi connectivity index (χ0n) is 12.2. The molecule has 0 atom stereocenters. The predicted octanol–water partition coefficient (Wildman–Crippen LogP) is 3.92. The van der Waals surface area contributed by atoms with Crippen LogP contribution in [0.4, 0.5) is 11.5 Å². The first kappa shape index (κ1) is 14.8. The number of aromatic nitrogens is 1. The summed E-state index contributed by atoms with van der Waals surface area (Å²) in [6.45, 7) is 5.73. The number of hydrogen-bond donors (Lipinski definition) is 1. The Bertz CT molecular complexity index is 566. The smallest absolute Gasteiger partial charge is 0.133 e. The van der Waals surface area contributed by atoms with E-state index in [2.05, 4.69) is 53.3 Å². The summed E-state index contributed by atoms with van der Waals surface area (Å²) in [5, 5.41) is 3.79. The second-order valence-corrected chi connectivity index (χ2v) is 5.12. The second kappa shape index (κ2) is 6.73. The Morgan fingerprint density at radius 1 is 1.15 bits per heavy atom. The van der Waals surface area contributed by atoms with E-state index in [9.17, 15) is 0 Å². The SMILES string of the molecule is CCN(c1ccc(C)cc1)c1ccc(Cl)c(CNC)n1. The van der Waals surface area contributed by atoms with Crippen molar-refractivity contribution in [3.63, 3.8) is 0 Å². The van der Waals surface area contributed by atoms with Gasteiger partial charge < -0.3 is 10.2 Å². The molecule has 0 bridgehead atoms. The molecule has 4 heteroatoms. The quantitative estimate of drug-likeness (QED) is 0.904. The molecule has 2 aromatic rings. The van der Waals surface area contributed by atoms with Crippen LogP contribution in [0.25, 0.3) is 0 Å². The molecule has 0 aliphatic carbocycles. The monoisotopic (exact) mass is 289 g/mol. The van der Waals surface area contributed by atoms with Crippen LogP contribution in [0, 0.1) is 6.92 Å². The largest absolute Gasteiger partial charge is 0.327 e. The van der Waals surface area contributed by atoms with Crippen molar-refractivity contribution in [2.75, 3.05) is 18.5 Å². The molecule has 106 valence electrons. The summed E-state index contributed by atoms with van der Waals surface area (Å²) in [6.07, 6.45) is 0. The van der Waals surface area contributed by atoms with Gasteiger partial charge in [-0.1, -0.05) is 29.3 Å². The van der Waals surface area contributed by atoms with Crippen molar-refractivity contribution in [2.24, 2.45) is 0 Å². The molecular weight excluding hydrogens is 270 g/mol. The maximum atomic E-state index is 6.17. The van der Waals surface area contributed by atoms with Crippen LogP contribution in [0.2, 0.25) is 5.02 Å². The maximum Gasteiger partial charge on any atom is 0.133 e. The standard InChI is InChI=1S/C16H20ClN3/c1-4-20(13-7-5-12(2)6-8-13)16-10-9-14(17)15(19-16)11-18-3/h5-10,18H,4,11H2,1-3H3. The molecule has 1 N–H and O–H groups in total. The van der Waals surface area contributed by atoms with Crippen molar-refractivity contribution in [1.82, 2.24) is 10.3 Å². The predicted molar refractivity (Wildman–Crippen MR) is 85.9 cm³/mol. The van der Waals surface area contributed by atoms with Crippen LogP contribution < -0.4 is 10.2 Å². The molecule has 2 rings (SSSR count). The van der Waals surface area contributed by atoms with E-state index in [0.29, 0.717) is 11.6 Å². The normalized spacial score (nSPS) is 10.6. The number of halogens is 1. The van der Waals surface area contributed by atoms with E-state index in [-0.39, 0.29) is 0 Å². The topological polar surface area (TPSA) is 28.2 Å². The highest BCUT2D eigenvalue weighted by molar-refractivity contribution is 6.31. The molecule has 0 unspecified atom stereocenters. The summed E-state index contributed by atoms with van der Waals surface area (Å²) in [7, 11) is 1.89. The van der Waals surface area contributed by atoms with Gasteiger partial charge in [0.1, 0.15) is 5.82 Å². The summed E-state index contributed by atoms with van der Waals surface area (Å²) in [5.41, 5.74) is 3.27. The molecule has 0 radical (unpaired) electrons. The Hall–Kier alpha value is -1.58. The fraction of sp³-hybridized carbons (Fsp3) is 0.312. The average Bonchev–Trinajstić information content (AvgIpc) is 2.45. The Morgan fingerprint density at radius 3 is 2.45 bits per heavy atom. The van der Waals surface area contributed by atoms with Crippen molar-refractivity contribution >= 4 is 23.1 Å². The Kier molecular flexibility index (Phi) is 4.99. The van der Waals surface area contributed by atoms with Gasteiger partial charge in [0.15, 0.2) is 0 Å². The summed E-state index contributed by atoms with van der Waals surface area (Å²) in [4.78, 5) is 6.84. The second-order valence-electron chi connectivity index (χ2n) is 4.71. The Labute approximate surface area is 125 Å². The third kappa shape index (κ3) is 3.30. The van der Waals surface area contributed by atoms with Gasteiger partial charge in [-0.3, -0.25) is 0 Å². The van der Waals surface area contributed by atoms with E-state index in [1.54, 1.807) is 0 Å². The van der Waals surface area contributed by atoms with Gasteiger partial charge in [0, 0.05) is 18.8 Å². The number of nitrogens with one attached hydrogen (secondary N) is 1. The molecule has 0 aliphatic heterocycles. The van der Waals surface area contributed by atoms with Gasteiger partial charge in [0.25, 0.3) is 0 Å². The number of rotatable bonds is 5. The van der Waals surface area contributed by atoms with Crippen molar-refractivity contribution < 1.29 is 0 Å². The molecule has 1 aromatic heterocycles. The van der Waals surface area contributed by atoms with E-state index < -0.39 is 0 Å². The van der Waals surface area contributed by atoms with Crippen LogP contribution in [0.15, 0.2) is 36.4 Å². The van der Waals surface area contributed by atoms with Gasteiger partial charge >= 0.3 is 0 Å². The molecule has 0 amide bonds. The van der Waals surface area contributed by atoms with Crippen LogP contribution in [0.3, 0.4) is 0 Å². The van der Waals surface area contributed by atoms with Gasteiger partial charge in [0.2, 0.25) is 0 Å². The number of benzene rings is 1. The summed E-state index contributed by atoms with van der Waals surface area (Å²) >= 11 is 6.17. The number of hydrogen-bond acceptors (Lipinski definition) is 3. The fourth-order valence-corrected chi connectivity index (χ4v) is 2.29. The number of nitrogens with zero attached hydrogens (tertiary/aromatic N) is 2. The van der Waals surface area contributed by atoms with Gasteiger partial charge in [-0.05, 0) is 45.2 Å². The number of pyridine rings is 1. The van der Waals surface area contributed by atoms with Crippen molar-refractivity contribution in [3.8, 4) is 0 Å². The summed E-state index contributed by atoms with van der Waals surface area (Å²) in [6, 6.07) is 12.3. The van der Waals surface area contributed by atoms with E-state index >= 15 is 0 Å². The zero-order chi connectivity index (χ0) is 14.5. The van der Waals surface area contributed by atoms with Crippen molar-refractivity contribution in [1.29, 1.82) is 0 Å². The van der Waals surface area contributed by atoms with Crippen molar-refractivity contribution in [3.05, 3.63) is 52.7 Å². The van der Waals surface area contributed by atoms with Crippen LogP contribution in [-0.2, 0) is 6.54 Å². The lowest BCUT2D eigenvalue weighted by Crippen LogP contribution is -2.18. The molecule has 20 heavy (non-hydrogen) atoms. The van der Waals surface area contributed by atoms with E-state index in [0.717, 1.165) is 23.7 Å². The van der Waals surface area contributed by atoms with E-state index in [1.165, 1.54) is 5.56 Å². The molecule has 0 saturated carbocycles. The van der Waals surface area contributed by atoms with Crippen LogP contribution in [0.5, 0.6) is 0 Å². The molecule has 1 aromatic carbocycles. The number of aryl methyl sites for hydroxylation is 1. The van der Waals surface area contributed by atoms with Crippen LogP contribution >= 0.6 is 11.6 Å². The first-order chi connectivity index (χ1) is 9.65. The fourth-order valence-electron chi connectivity index (χ4n) is 2.12. The molecule has 3 nitrogen and oxygen atoms in total. The first-order valence-corrected chi connectivity index (χ1v) is 7.17. The zero-order valence-corrected chi connectivity index (χ0v) is 12.9. The molecule has 0 aliphatic rings. The van der Waals surface area contributed by atoms with Gasteiger partial charge in [0.05, 0.1) is 10.7 Å². The lowest BCUT2D eigenvalue weighted by Gasteiger charge is -2.23.